The number of fused-ring (bicyclic) bond motifs is 2. The molecule has 8 nitrogen and oxygen atoms in total. The van der Waals surface area contributed by atoms with Crippen LogP contribution in [0.25, 0.3) is 43.5 Å². The van der Waals surface area contributed by atoms with Gasteiger partial charge < -0.3 is 21.4 Å². The van der Waals surface area contributed by atoms with Crippen molar-refractivity contribution in [2.24, 2.45) is 21.5 Å². The lowest BCUT2D eigenvalue weighted by molar-refractivity contribution is 0.558. The molecule has 0 radical (unpaired) electrons. The molecule has 53 heavy (non-hydrogen) atoms. The summed E-state index contributed by atoms with van der Waals surface area (Å²) in [5.41, 5.74) is 18.4. The third-order valence-corrected chi connectivity index (χ3v) is 11.3. The largest absolute Gasteiger partial charge is 0.384 e. The summed E-state index contributed by atoms with van der Waals surface area (Å²) in [4.78, 5) is 28.2. The topological polar surface area (TPSA) is 134 Å². The summed E-state index contributed by atoms with van der Waals surface area (Å²) in [6, 6.07) is 16.4. The van der Waals surface area contributed by atoms with Gasteiger partial charge in [0.25, 0.3) is 0 Å². The lowest BCUT2D eigenvalue weighted by atomic mass is 10.1. The molecule has 0 amide bonds. The van der Waals surface area contributed by atoms with Crippen molar-refractivity contribution in [2.75, 3.05) is 13.1 Å². The van der Waals surface area contributed by atoms with Gasteiger partial charge in [0.15, 0.2) is 0 Å². The molecular weight excluding hydrogens is 673 g/mol. The number of rotatable bonds is 26. The summed E-state index contributed by atoms with van der Waals surface area (Å²) in [5.74, 6) is 2.85. The van der Waals surface area contributed by atoms with E-state index in [1.165, 1.54) is 116 Å². The van der Waals surface area contributed by atoms with Crippen molar-refractivity contribution in [3.63, 3.8) is 0 Å². The van der Waals surface area contributed by atoms with E-state index >= 15 is 0 Å². The molecule has 0 spiro atoms. The van der Waals surface area contributed by atoms with Gasteiger partial charge in [-0.1, -0.05) is 129 Å². The molecule has 0 fully saturated rings. The SMILES string of the molecule is CCCCCCCCCCCCN=C(N)c1ccc2nc(-c3ccc(-c4nc5ccc(C(N)=NCCCCCCCCCCCC)cc5[nH]4)s3)[nH]c2c1. The molecule has 9 heteroatoms. The second-order valence-corrected chi connectivity index (χ2v) is 15.8. The number of H-pyrrole nitrogens is 2. The number of nitrogens with one attached hydrogen (secondary N) is 2. The fourth-order valence-electron chi connectivity index (χ4n) is 6.94. The quantitative estimate of drug-likeness (QED) is 0.0255. The Kier molecular flexibility index (Phi) is 16.9. The van der Waals surface area contributed by atoms with Gasteiger partial charge in [0.05, 0.1) is 31.8 Å². The number of aromatic amines is 2. The normalized spacial score (nSPS) is 12.5. The van der Waals surface area contributed by atoms with Gasteiger partial charge in [-0.25, -0.2) is 9.97 Å². The summed E-state index contributed by atoms with van der Waals surface area (Å²) < 4.78 is 0. The average Bonchev–Trinajstić information content (AvgIpc) is 3.94. The number of hydrogen-bond donors (Lipinski definition) is 4. The van der Waals surface area contributed by atoms with Crippen LogP contribution >= 0.6 is 11.3 Å². The van der Waals surface area contributed by atoms with Crippen molar-refractivity contribution in [1.29, 1.82) is 0 Å². The molecule has 5 rings (SSSR count). The first kappa shape index (κ1) is 40.2. The summed E-state index contributed by atoms with van der Waals surface area (Å²) in [5, 5.41) is 0. The minimum Gasteiger partial charge on any atom is -0.384 e. The highest BCUT2D eigenvalue weighted by molar-refractivity contribution is 7.18. The Morgan fingerprint density at radius 3 is 1.25 bits per heavy atom. The lowest BCUT2D eigenvalue weighted by Crippen LogP contribution is -2.13. The van der Waals surface area contributed by atoms with E-state index in [4.69, 9.17) is 21.4 Å². The van der Waals surface area contributed by atoms with Gasteiger partial charge >= 0.3 is 0 Å². The Balaban J connectivity index is 1.09. The molecular formula is C44H64N8S. The molecule has 0 saturated heterocycles. The zero-order chi connectivity index (χ0) is 37.1. The standard InChI is InChI=1S/C44H64N8S/c1-3-5-7-9-11-13-15-17-19-21-29-47-41(45)33-23-25-35-37(31-33)51-43(49-35)39-27-28-40(53-39)44-50-36-26-24-34(32-38(36)52-44)42(46)48-30-22-20-18-16-14-12-10-8-6-4-2/h23-28,31-32H,3-22,29-30H2,1-2H3,(H2,45,47)(H2,46,48)(H,49,51)(H,50,52). The van der Waals surface area contributed by atoms with Crippen LogP contribution in [-0.2, 0) is 0 Å². The Hall–Kier alpha value is -3.98. The summed E-state index contributed by atoms with van der Waals surface area (Å²) in [6.45, 7) is 6.09. The molecule has 3 aromatic heterocycles. The monoisotopic (exact) mass is 736 g/mol. The minimum absolute atomic E-state index is 0.590. The fraction of sp³-hybridized carbons (Fsp3) is 0.545. The number of nitrogens with two attached hydrogens (primary N) is 2. The zero-order valence-corrected chi connectivity index (χ0v) is 33.3. The number of unbranched alkanes of at least 4 members (excludes halogenated alkanes) is 18. The molecule has 3 heterocycles. The van der Waals surface area contributed by atoms with Crippen molar-refractivity contribution < 1.29 is 0 Å². The van der Waals surface area contributed by atoms with Gasteiger partial charge in [-0.15, -0.1) is 11.3 Å². The van der Waals surface area contributed by atoms with Crippen LogP contribution in [0.5, 0.6) is 0 Å². The summed E-state index contributed by atoms with van der Waals surface area (Å²) in [7, 11) is 0. The van der Waals surface area contributed by atoms with Crippen LogP contribution in [0.2, 0.25) is 0 Å². The van der Waals surface area contributed by atoms with Gasteiger partial charge in [-0.2, -0.15) is 0 Å². The number of nitrogens with zero attached hydrogens (tertiary/aromatic N) is 4. The number of aromatic nitrogens is 4. The second kappa shape index (κ2) is 22.3. The van der Waals surface area contributed by atoms with E-state index in [1.807, 2.05) is 24.3 Å². The van der Waals surface area contributed by atoms with Crippen LogP contribution in [0.3, 0.4) is 0 Å². The van der Waals surface area contributed by atoms with Crippen molar-refractivity contribution in [1.82, 2.24) is 19.9 Å². The van der Waals surface area contributed by atoms with Gasteiger partial charge in [-0.05, 0) is 61.4 Å². The summed E-state index contributed by atoms with van der Waals surface area (Å²) in [6.07, 6.45) is 26.3. The molecule has 0 bridgehead atoms. The highest BCUT2D eigenvalue weighted by Crippen LogP contribution is 2.34. The van der Waals surface area contributed by atoms with E-state index < -0.39 is 0 Å². The average molecular weight is 737 g/mol. The first-order valence-electron chi connectivity index (χ1n) is 20.8. The highest BCUT2D eigenvalue weighted by atomic mass is 32.1. The predicted octanol–water partition coefficient (Wildman–Crippen LogP) is 12.1. The van der Waals surface area contributed by atoms with E-state index in [2.05, 4.69) is 58.1 Å². The molecule has 0 aliphatic heterocycles. The summed E-state index contributed by atoms with van der Waals surface area (Å²) >= 11 is 1.66. The van der Waals surface area contributed by atoms with Crippen molar-refractivity contribution >= 4 is 45.1 Å². The Bertz CT molecular complexity index is 1730. The van der Waals surface area contributed by atoms with E-state index in [0.717, 1.165) is 80.5 Å². The highest BCUT2D eigenvalue weighted by Gasteiger charge is 2.14. The van der Waals surface area contributed by atoms with E-state index in [-0.39, 0.29) is 0 Å². The van der Waals surface area contributed by atoms with Crippen molar-refractivity contribution in [2.45, 2.75) is 142 Å². The van der Waals surface area contributed by atoms with Crippen LogP contribution in [0.15, 0.2) is 58.5 Å². The van der Waals surface area contributed by atoms with E-state index in [9.17, 15) is 0 Å². The predicted molar refractivity (Wildman–Crippen MR) is 229 cm³/mol. The molecule has 0 unspecified atom stereocenters. The number of benzene rings is 2. The van der Waals surface area contributed by atoms with Gasteiger partial charge in [0.2, 0.25) is 0 Å². The lowest BCUT2D eigenvalue weighted by Gasteiger charge is -2.03. The molecule has 6 N–H and O–H groups in total. The van der Waals surface area contributed by atoms with Crippen molar-refractivity contribution in [3.8, 4) is 21.4 Å². The van der Waals surface area contributed by atoms with E-state index in [0.29, 0.717) is 11.7 Å². The van der Waals surface area contributed by atoms with Gasteiger partial charge in [0.1, 0.15) is 23.3 Å². The van der Waals surface area contributed by atoms with Crippen LogP contribution < -0.4 is 11.5 Å². The third-order valence-electron chi connectivity index (χ3n) is 10.2. The van der Waals surface area contributed by atoms with E-state index in [1.54, 1.807) is 11.3 Å². The minimum atomic E-state index is 0.590. The van der Waals surface area contributed by atoms with Crippen LogP contribution in [0.1, 0.15) is 153 Å². The molecule has 2 aromatic carbocycles. The fourth-order valence-corrected chi connectivity index (χ4v) is 7.84. The second-order valence-electron chi connectivity index (χ2n) is 14.7. The Labute approximate surface area is 321 Å². The van der Waals surface area contributed by atoms with Crippen LogP contribution in [-0.4, -0.2) is 44.7 Å². The van der Waals surface area contributed by atoms with Gasteiger partial charge in [0, 0.05) is 24.2 Å². The maximum Gasteiger partial charge on any atom is 0.148 e. The number of aliphatic imine (C=N–C) groups is 2. The first-order valence-corrected chi connectivity index (χ1v) is 21.6. The maximum atomic E-state index is 6.40. The first-order chi connectivity index (χ1) is 26.1. The molecule has 0 saturated carbocycles. The smallest absolute Gasteiger partial charge is 0.148 e. The number of thiophene rings is 1. The number of imidazole rings is 2. The van der Waals surface area contributed by atoms with Crippen LogP contribution in [0.4, 0.5) is 0 Å². The number of hydrogen-bond acceptors (Lipinski definition) is 5. The third kappa shape index (κ3) is 12.8. The zero-order valence-electron chi connectivity index (χ0n) is 32.5. The molecule has 5 aromatic rings. The van der Waals surface area contributed by atoms with Crippen molar-refractivity contribution in [3.05, 3.63) is 59.7 Å². The maximum absolute atomic E-state index is 6.40. The Morgan fingerprint density at radius 1 is 0.509 bits per heavy atom. The molecule has 286 valence electrons. The van der Waals surface area contributed by atoms with Crippen LogP contribution in [0, 0.1) is 0 Å². The Morgan fingerprint density at radius 2 is 0.868 bits per heavy atom. The molecule has 0 atom stereocenters. The number of amidine groups is 2. The molecule has 0 aliphatic rings. The van der Waals surface area contributed by atoms with Gasteiger partial charge in [-0.3, -0.25) is 9.98 Å². The molecule has 0 aliphatic carbocycles.